The number of nitrogens with zero attached hydrogens (tertiary/aromatic N) is 5. The molecular formula is C18H27N5O2S. The van der Waals surface area contributed by atoms with Crippen LogP contribution in [0.4, 0.5) is 0 Å². The molecule has 3 fully saturated rings. The van der Waals surface area contributed by atoms with Gasteiger partial charge in [0.15, 0.2) is 0 Å². The Morgan fingerprint density at radius 3 is 2.42 bits per heavy atom. The van der Waals surface area contributed by atoms with Gasteiger partial charge in [0, 0.05) is 38.6 Å². The molecule has 1 aliphatic carbocycles. The average molecular weight is 378 g/mol. The van der Waals surface area contributed by atoms with Gasteiger partial charge < -0.3 is 4.90 Å². The summed E-state index contributed by atoms with van der Waals surface area (Å²) in [7, 11) is -3.50. The second-order valence-corrected chi connectivity index (χ2v) is 9.25. The fraction of sp³-hybridized carbons (Fsp3) is 0.667. The minimum atomic E-state index is -3.50. The number of allylic oxidation sites excluding steroid dienone is 2. The van der Waals surface area contributed by atoms with E-state index in [1.54, 1.807) is 14.7 Å². The van der Waals surface area contributed by atoms with Gasteiger partial charge in [0.1, 0.15) is 5.82 Å². The fourth-order valence-corrected chi connectivity index (χ4v) is 5.97. The van der Waals surface area contributed by atoms with E-state index in [9.17, 15) is 8.42 Å². The summed E-state index contributed by atoms with van der Waals surface area (Å²) in [6.45, 7) is 12.0. The molecule has 3 rings (SSSR count). The van der Waals surface area contributed by atoms with E-state index in [1.165, 1.54) is 0 Å². The minimum Gasteiger partial charge on any atom is -0.353 e. The highest BCUT2D eigenvalue weighted by Crippen LogP contribution is 2.47. The van der Waals surface area contributed by atoms with Crippen molar-refractivity contribution >= 4 is 16.9 Å². The summed E-state index contributed by atoms with van der Waals surface area (Å²) in [5, 5.41) is 9.03. The first-order chi connectivity index (χ1) is 12.4. The normalized spacial score (nSPS) is 25.5. The van der Waals surface area contributed by atoms with E-state index < -0.39 is 10.2 Å². The first-order valence-electron chi connectivity index (χ1n) is 9.10. The summed E-state index contributed by atoms with van der Waals surface area (Å²) in [6.07, 6.45) is 4.74. The van der Waals surface area contributed by atoms with Crippen molar-refractivity contribution < 1.29 is 8.42 Å². The molecule has 0 radical (unpaired) electrons. The third-order valence-corrected chi connectivity index (χ3v) is 7.91. The molecule has 26 heavy (non-hydrogen) atoms. The Labute approximate surface area is 156 Å². The van der Waals surface area contributed by atoms with Crippen LogP contribution in [0.25, 0.3) is 0 Å². The van der Waals surface area contributed by atoms with E-state index in [0.717, 1.165) is 24.2 Å². The highest BCUT2D eigenvalue weighted by Gasteiger charge is 2.57. The standard InChI is InChI=1S/C18H27N5O2S/c1-4-15(2)17(20-3)21-11-12-23(18(14-21)7-8-18)26(24,25)22-9-5-16(13-19)6-10-22/h4,16H,1,3,5-12,14H2,2H3. The van der Waals surface area contributed by atoms with Crippen molar-refractivity contribution in [2.45, 2.75) is 38.1 Å². The van der Waals surface area contributed by atoms with Gasteiger partial charge in [-0.25, -0.2) is 4.99 Å². The molecule has 1 spiro atoms. The summed E-state index contributed by atoms with van der Waals surface area (Å²) in [5.41, 5.74) is 0.617. The van der Waals surface area contributed by atoms with Crippen LogP contribution in [-0.2, 0) is 10.2 Å². The van der Waals surface area contributed by atoms with Crippen LogP contribution in [0.2, 0.25) is 0 Å². The molecule has 0 bridgehead atoms. The van der Waals surface area contributed by atoms with Gasteiger partial charge in [0.25, 0.3) is 10.2 Å². The zero-order valence-electron chi connectivity index (χ0n) is 15.4. The number of rotatable bonds is 5. The van der Waals surface area contributed by atoms with Gasteiger partial charge in [-0.2, -0.15) is 22.3 Å². The maximum absolute atomic E-state index is 13.2. The van der Waals surface area contributed by atoms with Gasteiger partial charge in [0.05, 0.1) is 11.6 Å². The third kappa shape index (κ3) is 3.31. The van der Waals surface area contributed by atoms with Crippen LogP contribution in [0.15, 0.2) is 29.0 Å². The third-order valence-electron chi connectivity index (χ3n) is 5.76. The molecule has 0 aromatic carbocycles. The number of piperazine rings is 1. The molecule has 0 amide bonds. The van der Waals surface area contributed by atoms with E-state index >= 15 is 0 Å². The van der Waals surface area contributed by atoms with Gasteiger partial charge in [-0.15, -0.1) is 0 Å². The van der Waals surface area contributed by atoms with E-state index in [4.69, 9.17) is 5.26 Å². The molecule has 0 atom stereocenters. The van der Waals surface area contributed by atoms with Crippen molar-refractivity contribution in [1.29, 1.82) is 5.26 Å². The van der Waals surface area contributed by atoms with Crippen molar-refractivity contribution in [3.63, 3.8) is 0 Å². The Balaban J connectivity index is 1.77. The molecule has 8 heteroatoms. The van der Waals surface area contributed by atoms with Crippen LogP contribution in [0, 0.1) is 17.2 Å². The molecule has 2 saturated heterocycles. The smallest absolute Gasteiger partial charge is 0.282 e. The molecule has 0 N–H and O–H groups in total. The van der Waals surface area contributed by atoms with Gasteiger partial charge in [-0.1, -0.05) is 12.7 Å². The first-order valence-corrected chi connectivity index (χ1v) is 10.5. The summed E-state index contributed by atoms with van der Waals surface area (Å²) < 4.78 is 29.7. The lowest BCUT2D eigenvalue weighted by Gasteiger charge is -2.44. The van der Waals surface area contributed by atoms with Crippen LogP contribution in [0.3, 0.4) is 0 Å². The second-order valence-electron chi connectivity index (χ2n) is 7.40. The van der Waals surface area contributed by atoms with Crippen LogP contribution >= 0.6 is 0 Å². The van der Waals surface area contributed by atoms with Gasteiger partial charge in [-0.3, -0.25) is 0 Å². The molecule has 142 valence electrons. The van der Waals surface area contributed by atoms with Gasteiger partial charge in [-0.05, 0) is 44.9 Å². The SMILES string of the molecule is C=CC(C)=C(N=C)N1CCN(S(=O)(=O)N2CCC(C#N)CC2)C2(CC2)C1. The van der Waals surface area contributed by atoms with Crippen molar-refractivity contribution in [3.8, 4) is 6.07 Å². The largest absolute Gasteiger partial charge is 0.353 e. The topological polar surface area (TPSA) is 80.0 Å². The maximum Gasteiger partial charge on any atom is 0.282 e. The molecular weight excluding hydrogens is 350 g/mol. The Morgan fingerprint density at radius 2 is 1.92 bits per heavy atom. The van der Waals surface area contributed by atoms with Crippen molar-refractivity contribution in [2.75, 3.05) is 32.7 Å². The molecule has 0 aromatic heterocycles. The summed E-state index contributed by atoms with van der Waals surface area (Å²) >= 11 is 0. The minimum absolute atomic E-state index is 0.0265. The Kier molecular flexibility index (Phi) is 5.24. The Morgan fingerprint density at radius 1 is 1.27 bits per heavy atom. The van der Waals surface area contributed by atoms with Crippen LogP contribution in [-0.4, -0.2) is 66.9 Å². The maximum atomic E-state index is 13.2. The molecule has 0 aromatic rings. The number of hydrogen-bond donors (Lipinski definition) is 0. The number of piperidine rings is 1. The Bertz CT molecular complexity index is 755. The van der Waals surface area contributed by atoms with E-state index in [2.05, 4.69) is 29.3 Å². The van der Waals surface area contributed by atoms with Crippen LogP contribution in [0.1, 0.15) is 32.6 Å². The van der Waals surface area contributed by atoms with E-state index in [1.807, 2.05) is 6.92 Å². The predicted molar refractivity (Wildman–Crippen MR) is 102 cm³/mol. The Hall–Kier alpha value is -1.69. The van der Waals surface area contributed by atoms with Crippen molar-refractivity contribution in [2.24, 2.45) is 10.9 Å². The molecule has 3 aliphatic rings. The van der Waals surface area contributed by atoms with Crippen LogP contribution in [0.5, 0.6) is 0 Å². The van der Waals surface area contributed by atoms with Crippen molar-refractivity contribution in [3.05, 3.63) is 24.0 Å². The van der Waals surface area contributed by atoms with Crippen molar-refractivity contribution in [1.82, 2.24) is 13.5 Å². The monoisotopic (exact) mass is 377 g/mol. The number of hydrogen-bond acceptors (Lipinski definition) is 5. The van der Waals surface area contributed by atoms with E-state index in [-0.39, 0.29) is 11.5 Å². The molecule has 1 saturated carbocycles. The molecule has 2 heterocycles. The zero-order chi connectivity index (χ0) is 18.9. The summed E-state index contributed by atoms with van der Waals surface area (Å²) in [4.78, 5) is 6.28. The lowest BCUT2D eigenvalue weighted by atomic mass is 10.0. The lowest BCUT2D eigenvalue weighted by molar-refractivity contribution is 0.137. The second kappa shape index (κ2) is 7.14. The highest BCUT2D eigenvalue weighted by atomic mass is 32.2. The average Bonchev–Trinajstić information content (AvgIpc) is 3.41. The van der Waals surface area contributed by atoms with Gasteiger partial charge >= 0.3 is 0 Å². The van der Waals surface area contributed by atoms with Crippen LogP contribution < -0.4 is 0 Å². The predicted octanol–water partition coefficient (Wildman–Crippen LogP) is 1.74. The molecule has 7 nitrogen and oxygen atoms in total. The molecule has 0 unspecified atom stereocenters. The number of nitriles is 1. The zero-order valence-corrected chi connectivity index (χ0v) is 16.2. The molecule has 2 aliphatic heterocycles. The van der Waals surface area contributed by atoms with E-state index in [0.29, 0.717) is 45.6 Å². The quantitative estimate of drug-likeness (QED) is 0.540. The summed E-state index contributed by atoms with van der Waals surface area (Å²) in [5.74, 6) is 0.763. The fourth-order valence-electron chi connectivity index (χ4n) is 3.97. The lowest BCUT2D eigenvalue weighted by Crippen LogP contribution is -2.60. The first kappa shape index (κ1) is 19.1. The van der Waals surface area contributed by atoms with Gasteiger partial charge in [0.2, 0.25) is 0 Å². The summed E-state index contributed by atoms with van der Waals surface area (Å²) in [6, 6.07) is 2.25. The highest BCUT2D eigenvalue weighted by molar-refractivity contribution is 7.86. The number of aliphatic imine (C=N–C) groups is 1.